The van der Waals surface area contributed by atoms with Crippen LogP contribution in [-0.4, -0.2) is 11.4 Å². The van der Waals surface area contributed by atoms with Crippen LogP contribution in [-0.2, 0) is 0 Å². The molecular formula is C18H14O2. The molecule has 0 amide bonds. The van der Waals surface area contributed by atoms with Crippen LogP contribution in [0.5, 0.6) is 5.75 Å². The molecule has 0 spiro atoms. The molecule has 0 saturated carbocycles. The van der Waals surface area contributed by atoms with E-state index in [-0.39, 0.29) is 5.75 Å². The van der Waals surface area contributed by atoms with E-state index in [2.05, 4.69) is 31.2 Å². The van der Waals surface area contributed by atoms with Crippen molar-refractivity contribution < 1.29 is 9.90 Å². The van der Waals surface area contributed by atoms with Crippen molar-refractivity contribution in [2.45, 2.75) is 6.92 Å². The van der Waals surface area contributed by atoms with Crippen LogP contribution in [0.25, 0.3) is 21.9 Å². The summed E-state index contributed by atoms with van der Waals surface area (Å²) in [6, 6.07) is 17.6. The summed E-state index contributed by atoms with van der Waals surface area (Å²) in [5, 5.41) is 11.4. The number of aryl methyl sites for hydroxylation is 1. The molecule has 0 bridgehead atoms. The summed E-state index contributed by atoms with van der Waals surface area (Å²) in [6.07, 6.45) is 0.698. The fraction of sp³-hybridized carbons (Fsp3) is 0.0556. The summed E-state index contributed by atoms with van der Waals surface area (Å²) in [5.74, 6) is 0.0237. The summed E-state index contributed by atoms with van der Waals surface area (Å²) in [4.78, 5) is 11.1. The smallest absolute Gasteiger partial charge is 0.154 e. The molecule has 0 aromatic heterocycles. The van der Waals surface area contributed by atoms with Crippen molar-refractivity contribution in [2.75, 3.05) is 0 Å². The molecule has 3 aromatic carbocycles. The number of fused-ring (bicyclic) bond motifs is 1. The molecule has 0 heterocycles. The zero-order valence-electron chi connectivity index (χ0n) is 11.1. The topological polar surface area (TPSA) is 37.3 Å². The predicted molar refractivity (Wildman–Crippen MR) is 81.2 cm³/mol. The van der Waals surface area contributed by atoms with E-state index in [1.807, 2.05) is 24.3 Å². The van der Waals surface area contributed by atoms with Crippen LogP contribution >= 0.6 is 0 Å². The summed E-state index contributed by atoms with van der Waals surface area (Å²) in [5.41, 5.74) is 3.80. The zero-order chi connectivity index (χ0) is 14.1. The van der Waals surface area contributed by atoms with Gasteiger partial charge in [-0.15, -0.1) is 0 Å². The van der Waals surface area contributed by atoms with Crippen LogP contribution in [0.4, 0.5) is 0 Å². The normalized spacial score (nSPS) is 10.7. The van der Waals surface area contributed by atoms with Gasteiger partial charge in [0.2, 0.25) is 0 Å². The van der Waals surface area contributed by atoms with Crippen molar-refractivity contribution >= 4 is 17.1 Å². The number of carbonyl (C=O) groups is 1. The Labute approximate surface area is 117 Å². The van der Waals surface area contributed by atoms with Crippen LogP contribution in [0, 0.1) is 6.92 Å². The standard InChI is InChI=1S/C18H14O2/c1-12-2-4-13(5-3-12)14-6-8-16-15(10-14)7-9-18(20)17(16)11-19/h2-11,20H,1H3. The van der Waals surface area contributed by atoms with Crippen LogP contribution < -0.4 is 0 Å². The maximum atomic E-state index is 11.1. The number of hydrogen-bond acceptors (Lipinski definition) is 2. The van der Waals surface area contributed by atoms with E-state index in [1.54, 1.807) is 6.07 Å². The summed E-state index contributed by atoms with van der Waals surface area (Å²) < 4.78 is 0. The second-order valence-corrected chi connectivity index (χ2v) is 4.92. The average molecular weight is 262 g/mol. The quantitative estimate of drug-likeness (QED) is 0.698. The molecule has 3 rings (SSSR count). The fourth-order valence-electron chi connectivity index (χ4n) is 2.39. The number of aromatic hydroxyl groups is 1. The Morgan fingerprint density at radius 2 is 1.60 bits per heavy atom. The highest BCUT2D eigenvalue weighted by molar-refractivity contribution is 6.02. The first kappa shape index (κ1) is 12.4. The van der Waals surface area contributed by atoms with Crippen molar-refractivity contribution in [1.29, 1.82) is 0 Å². The van der Waals surface area contributed by atoms with Crippen LogP contribution in [0.2, 0.25) is 0 Å². The van der Waals surface area contributed by atoms with E-state index in [0.717, 1.165) is 21.9 Å². The van der Waals surface area contributed by atoms with Gasteiger partial charge < -0.3 is 5.11 Å². The van der Waals surface area contributed by atoms with Crippen molar-refractivity contribution in [3.63, 3.8) is 0 Å². The maximum absolute atomic E-state index is 11.1. The summed E-state index contributed by atoms with van der Waals surface area (Å²) >= 11 is 0. The van der Waals surface area contributed by atoms with Crippen molar-refractivity contribution in [3.05, 3.63) is 65.7 Å². The Morgan fingerprint density at radius 3 is 2.30 bits per heavy atom. The lowest BCUT2D eigenvalue weighted by atomic mass is 9.98. The number of benzene rings is 3. The average Bonchev–Trinajstić information content (AvgIpc) is 2.47. The number of carbonyl (C=O) groups excluding carboxylic acids is 1. The van der Waals surface area contributed by atoms with Gasteiger partial charge in [-0.25, -0.2) is 0 Å². The highest BCUT2D eigenvalue weighted by Gasteiger charge is 2.07. The second-order valence-electron chi connectivity index (χ2n) is 4.92. The van der Waals surface area contributed by atoms with Gasteiger partial charge in [0.15, 0.2) is 6.29 Å². The van der Waals surface area contributed by atoms with Crippen LogP contribution in [0.15, 0.2) is 54.6 Å². The fourth-order valence-corrected chi connectivity index (χ4v) is 2.39. The van der Waals surface area contributed by atoms with Gasteiger partial charge >= 0.3 is 0 Å². The van der Waals surface area contributed by atoms with Crippen LogP contribution in [0.1, 0.15) is 15.9 Å². The Kier molecular flexibility index (Phi) is 2.99. The molecule has 0 aliphatic carbocycles. The van der Waals surface area contributed by atoms with Crippen LogP contribution in [0.3, 0.4) is 0 Å². The van der Waals surface area contributed by atoms with E-state index in [0.29, 0.717) is 11.8 Å². The van der Waals surface area contributed by atoms with Crippen molar-refractivity contribution in [2.24, 2.45) is 0 Å². The molecule has 0 atom stereocenters. The monoisotopic (exact) mass is 262 g/mol. The van der Waals surface area contributed by atoms with Gasteiger partial charge in [0.05, 0.1) is 5.56 Å². The Morgan fingerprint density at radius 1 is 0.900 bits per heavy atom. The highest BCUT2D eigenvalue weighted by Crippen LogP contribution is 2.29. The molecule has 1 N–H and O–H groups in total. The Balaban J connectivity index is 2.19. The van der Waals surface area contributed by atoms with E-state index >= 15 is 0 Å². The van der Waals surface area contributed by atoms with Crippen molar-refractivity contribution in [1.82, 2.24) is 0 Å². The minimum atomic E-state index is 0.0237. The Bertz CT molecular complexity index is 786. The molecular weight excluding hydrogens is 248 g/mol. The minimum Gasteiger partial charge on any atom is -0.507 e. The molecule has 3 aromatic rings. The number of phenols is 1. The van der Waals surface area contributed by atoms with Gasteiger partial charge in [0, 0.05) is 0 Å². The number of rotatable bonds is 2. The minimum absolute atomic E-state index is 0.0237. The lowest BCUT2D eigenvalue weighted by molar-refractivity contribution is 0.112. The third-order valence-corrected chi connectivity index (χ3v) is 3.54. The van der Waals surface area contributed by atoms with E-state index < -0.39 is 0 Å². The molecule has 0 saturated heterocycles. The summed E-state index contributed by atoms with van der Waals surface area (Å²) in [6.45, 7) is 2.06. The Hall–Kier alpha value is -2.61. The lowest BCUT2D eigenvalue weighted by Crippen LogP contribution is -1.86. The maximum Gasteiger partial charge on any atom is 0.154 e. The molecule has 0 aliphatic rings. The van der Waals surface area contributed by atoms with E-state index in [4.69, 9.17) is 0 Å². The van der Waals surface area contributed by atoms with Crippen molar-refractivity contribution in [3.8, 4) is 16.9 Å². The van der Waals surface area contributed by atoms with E-state index in [9.17, 15) is 9.90 Å². The SMILES string of the molecule is Cc1ccc(-c2ccc3c(C=O)c(O)ccc3c2)cc1. The molecule has 2 nitrogen and oxygen atoms in total. The van der Waals surface area contributed by atoms with Gasteiger partial charge in [-0.05, 0) is 41.0 Å². The number of hydrogen-bond donors (Lipinski definition) is 1. The third kappa shape index (κ3) is 2.05. The molecule has 0 unspecified atom stereocenters. The van der Waals surface area contributed by atoms with Gasteiger partial charge in [-0.3, -0.25) is 4.79 Å². The highest BCUT2D eigenvalue weighted by atomic mass is 16.3. The van der Waals surface area contributed by atoms with Gasteiger partial charge in [-0.1, -0.05) is 48.0 Å². The molecule has 0 radical (unpaired) electrons. The first-order valence-electron chi connectivity index (χ1n) is 6.47. The molecule has 98 valence electrons. The summed E-state index contributed by atoms with van der Waals surface area (Å²) in [7, 11) is 0. The molecule has 0 aliphatic heterocycles. The predicted octanol–water partition coefficient (Wildman–Crippen LogP) is 4.33. The van der Waals surface area contributed by atoms with Gasteiger partial charge in [0.25, 0.3) is 0 Å². The second kappa shape index (κ2) is 4.82. The van der Waals surface area contributed by atoms with Gasteiger partial charge in [-0.2, -0.15) is 0 Å². The molecule has 0 fully saturated rings. The lowest BCUT2D eigenvalue weighted by Gasteiger charge is -2.07. The molecule has 20 heavy (non-hydrogen) atoms. The largest absolute Gasteiger partial charge is 0.507 e. The molecule has 2 heteroatoms. The first-order chi connectivity index (χ1) is 9.69. The zero-order valence-corrected chi connectivity index (χ0v) is 11.1. The van der Waals surface area contributed by atoms with Gasteiger partial charge in [0.1, 0.15) is 5.75 Å². The third-order valence-electron chi connectivity index (χ3n) is 3.54. The van der Waals surface area contributed by atoms with E-state index in [1.165, 1.54) is 5.56 Å². The number of phenolic OH excluding ortho intramolecular Hbond substituents is 1. The first-order valence-corrected chi connectivity index (χ1v) is 6.47. The number of aldehydes is 1.